The van der Waals surface area contributed by atoms with Crippen LogP contribution in [0.1, 0.15) is 44.8 Å². The molecule has 0 heterocycles. The van der Waals surface area contributed by atoms with Gasteiger partial charge in [0.25, 0.3) is 0 Å². The highest BCUT2D eigenvalue weighted by atomic mass is 16.6. The first-order valence-corrected chi connectivity index (χ1v) is 8.78. The van der Waals surface area contributed by atoms with Crippen LogP contribution in [-0.4, -0.2) is 31.6 Å². The molecule has 1 rings (SSSR count). The summed E-state index contributed by atoms with van der Waals surface area (Å²) in [5.74, 6) is -0.0571. The summed E-state index contributed by atoms with van der Waals surface area (Å²) in [7, 11) is 0. The molecule has 5 nitrogen and oxygen atoms in total. The molecule has 1 amide bonds. The van der Waals surface area contributed by atoms with E-state index in [2.05, 4.69) is 25.7 Å². The van der Waals surface area contributed by atoms with Gasteiger partial charge in [-0.3, -0.25) is 4.79 Å². The van der Waals surface area contributed by atoms with Gasteiger partial charge in [0, 0.05) is 13.2 Å². The summed E-state index contributed by atoms with van der Waals surface area (Å²) in [5.41, 5.74) is 0.789. The molecule has 0 spiro atoms. The van der Waals surface area contributed by atoms with Crippen molar-refractivity contribution in [3.63, 3.8) is 0 Å². The topological polar surface area (TPSA) is 64.6 Å². The molecular weight excluding hydrogens is 318 g/mol. The van der Waals surface area contributed by atoms with Crippen molar-refractivity contribution in [1.29, 1.82) is 0 Å². The van der Waals surface area contributed by atoms with E-state index in [1.165, 1.54) is 6.08 Å². The number of amides is 1. The second-order valence-electron chi connectivity index (χ2n) is 6.21. The van der Waals surface area contributed by atoms with Crippen LogP contribution in [0.25, 0.3) is 0 Å². The van der Waals surface area contributed by atoms with E-state index in [4.69, 9.17) is 9.47 Å². The molecular formula is C20H29NO4. The highest BCUT2D eigenvalue weighted by Crippen LogP contribution is 2.20. The van der Waals surface area contributed by atoms with Crippen LogP contribution in [0.3, 0.4) is 0 Å². The maximum atomic E-state index is 12.4. The molecule has 1 aromatic carbocycles. The summed E-state index contributed by atoms with van der Waals surface area (Å²) in [5, 5.41) is 2.71. The summed E-state index contributed by atoms with van der Waals surface area (Å²) in [6.45, 7) is 8.95. The van der Waals surface area contributed by atoms with Gasteiger partial charge in [0.2, 0.25) is 5.91 Å². The van der Waals surface area contributed by atoms with Crippen molar-refractivity contribution < 1.29 is 19.1 Å². The monoisotopic (exact) mass is 347 g/mol. The fourth-order valence-electron chi connectivity index (χ4n) is 2.11. The van der Waals surface area contributed by atoms with Crippen LogP contribution in [0.4, 0.5) is 0 Å². The lowest BCUT2D eigenvalue weighted by molar-refractivity contribution is -0.158. The number of unbranched alkanes of at least 4 members (excludes halogenated alkanes) is 1. The molecule has 0 saturated carbocycles. The number of hydrogen-bond donors (Lipinski definition) is 1. The summed E-state index contributed by atoms with van der Waals surface area (Å²) < 4.78 is 11.1. The minimum Gasteiger partial charge on any atom is -0.463 e. The maximum Gasteiger partial charge on any atom is 0.339 e. The van der Waals surface area contributed by atoms with E-state index >= 15 is 0 Å². The van der Waals surface area contributed by atoms with Crippen molar-refractivity contribution in [3.05, 3.63) is 48.6 Å². The number of rotatable bonds is 12. The standard InChI is InChI=1S/C20H29NO4/c1-4-18(22)21-13-8-9-14-24-19(17-10-6-5-7-11-17)20(23)25-15-12-16(2)3/h4-7,10-11,16,19H,1,8-9,12-15H2,2-3H3,(H,21,22). The SMILES string of the molecule is C=CC(=O)NCCCCOC(C(=O)OCCC(C)C)c1ccccc1. The van der Waals surface area contributed by atoms with Crippen molar-refractivity contribution >= 4 is 11.9 Å². The first kappa shape index (κ1) is 20.9. The summed E-state index contributed by atoms with van der Waals surface area (Å²) in [4.78, 5) is 23.4. The molecule has 1 atom stereocenters. The molecule has 0 aliphatic rings. The van der Waals surface area contributed by atoms with E-state index in [0.29, 0.717) is 25.7 Å². The van der Waals surface area contributed by atoms with Crippen LogP contribution in [0.5, 0.6) is 0 Å². The minimum absolute atomic E-state index is 0.184. The molecule has 0 radical (unpaired) electrons. The third-order valence-corrected chi connectivity index (χ3v) is 3.60. The van der Waals surface area contributed by atoms with Crippen molar-refractivity contribution in [1.82, 2.24) is 5.32 Å². The predicted octanol–water partition coefficient (Wildman–Crippen LogP) is 3.42. The van der Waals surface area contributed by atoms with E-state index in [9.17, 15) is 9.59 Å². The van der Waals surface area contributed by atoms with Gasteiger partial charge in [0.05, 0.1) is 6.61 Å². The Bertz CT molecular complexity index is 528. The molecule has 138 valence electrons. The lowest BCUT2D eigenvalue weighted by Gasteiger charge is -2.18. The molecule has 0 saturated heterocycles. The number of esters is 1. The van der Waals surface area contributed by atoms with Crippen LogP contribution in [-0.2, 0) is 19.1 Å². The fourth-order valence-corrected chi connectivity index (χ4v) is 2.11. The fraction of sp³-hybridized carbons (Fsp3) is 0.500. The summed E-state index contributed by atoms with van der Waals surface area (Å²) >= 11 is 0. The van der Waals surface area contributed by atoms with E-state index in [0.717, 1.165) is 24.8 Å². The second-order valence-corrected chi connectivity index (χ2v) is 6.21. The molecule has 5 heteroatoms. The van der Waals surface area contributed by atoms with Gasteiger partial charge in [-0.15, -0.1) is 0 Å². The van der Waals surface area contributed by atoms with Crippen LogP contribution >= 0.6 is 0 Å². The second kappa shape index (κ2) is 12.3. The highest BCUT2D eigenvalue weighted by Gasteiger charge is 2.22. The Morgan fingerprint density at radius 1 is 1.16 bits per heavy atom. The number of nitrogens with one attached hydrogen (secondary N) is 1. The van der Waals surface area contributed by atoms with E-state index in [1.807, 2.05) is 30.3 Å². The van der Waals surface area contributed by atoms with Gasteiger partial charge in [0.15, 0.2) is 6.10 Å². The minimum atomic E-state index is -0.712. The third-order valence-electron chi connectivity index (χ3n) is 3.60. The first-order chi connectivity index (χ1) is 12.0. The number of hydrogen-bond acceptors (Lipinski definition) is 4. The molecule has 0 bridgehead atoms. The molecule has 0 aliphatic carbocycles. The molecule has 0 aromatic heterocycles. The molecule has 1 aromatic rings. The Hall–Kier alpha value is -2.14. The average Bonchev–Trinajstić information content (AvgIpc) is 2.61. The van der Waals surface area contributed by atoms with Crippen molar-refractivity contribution in [3.8, 4) is 0 Å². The summed E-state index contributed by atoms with van der Waals surface area (Å²) in [6.07, 6.45) is 2.87. The maximum absolute atomic E-state index is 12.4. The Labute approximate surface area is 150 Å². The van der Waals surface area contributed by atoms with E-state index in [-0.39, 0.29) is 11.9 Å². The van der Waals surface area contributed by atoms with Crippen molar-refractivity contribution in [2.24, 2.45) is 5.92 Å². The molecule has 1 N–H and O–H groups in total. The zero-order chi connectivity index (χ0) is 18.5. The van der Waals surface area contributed by atoms with Gasteiger partial charge >= 0.3 is 5.97 Å². The largest absolute Gasteiger partial charge is 0.463 e. The zero-order valence-corrected chi connectivity index (χ0v) is 15.2. The Kier molecular flexibility index (Phi) is 10.2. The number of benzene rings is 1. The molecule has 25 heavy (non-hydrogen) atoms. The third kappa shape index (κ3) is 9.05. The lowest BCUT2D eigenvalue weighted by atomic mass is 10.1. The van der Waals surface area contributed by atoms with Gasteiger partial charge in [-0.1, -0.05) is 50.8 Å². The number of carbonyl (C=O) groups is 2. The quantitative estimate of drug-likeness (QED) is 0.357. The Balaban J connectivity index is 2.45. The van der Waals surface area contributed by atoms with Crippen LogP contribution < -0.4 is 5.32 Å². The van der Waals surface area contributed by atoms with Crippen LogP contribution in [0.15, 0.2) is 43.0 Å². The number of ether oxygens (including phenoxy) is 2. The zero-order valence-electron chi connectivity index (χ0n) is 15.2. The molecule has 1 unspecified atom stereocenters. The Morgan fingerprint density at radius 3 is 2.52 bits per heavy atom. The van der Waals surface area contributed by atoms with Crippen molar-refractivity contribution in [2.75, 3.05) is 19.8 Å². The number of carbonyl (C=O) groups excluding carboxylic acids is 2. The highest BCUT2D eigenvalue weighted by molar-refractivity contribution is 5.86. The average molecular weight is 347 g/mol. The van der Waals surface area contributed by atoms with Crippen LogP contribution in [0, 0.1) is 5.92 Å². The smallest absolute Gasteiger partial charge is 0.339 e. The lowest BCUT2D eigenvalue weighted by Crippen LogP contribution is -2.23. The van der Waals surface area contributed by atoms with Gasteiger partial charge in [-0.05, 0) is 36.8 Å². The first-order valence-electron chi connectivity index (χ1n) is 8.78. The van der Waals surface area contributed by atoms with E-state index in [1.54, 1.807) is 0 Å². The molecule has 0 fully saturated rings. The van der Waals surface area contributed by atoms with E-state index < -0.39 is 6.10 Å². The summed E-state index contributed by atoms with van der Waals surface area (Å²) in [6, 6.07) is 9.36. The van der Waals surface area contributed by atoms with Crippen molar-refractivity contribution in [2.45, 2.75) is 39.2 Å². The van der Waals surface area contributed by atoms with Crippen LogP contribution in [0.2, 0.25) is 0 Å². The van der Waals surface area contributed by atoms with Gasteiger partial charge < -0.3 is 14.8 Å². The van der Waals surface area contributed by atoms with Gasteiger partial charge in [0.1, 0.15) is 0 Å². The molecule has 0 aliphatic heterocycles. The Morgan fingerprint density at radius 2 is 1.88 bits per heavy atom. The van der Waals surface area contributed by atoms with Gasteiger partial charge in [-0.25, -0.2) is 4.79 Å². The predicted molar refractivity (Wildman–Crippen MR) is 98.0 cm³/mol. The normalized spacial score (nSPS) is 11.8. The van der Waals surface area contributed by atoms with Gasteiger partial charge in [-0.2, -0.15) is 0 Å².